The molecule has 0 amide bonds. The van der Waals surface area contributed by atoms with Gasteiger partial charge in [0.2, 0.25) is 0 Å². The fraction of sp³-hybridized carbons (Fsp3) is 0.133. The van der Waals surface area contributed by atoms with E-state index in [1.165, 1.54) is 24.3 Å². The van der Waals surface area contributed by atoms with Crippen LogP contribution in [0.1, 0.15) is 10.4 Å². The van der Waals surface area contributed by atoms with Crippen LogP contribution in [-0.2, 0) is 9.84 Å². The third kappa shape index (κ3) is 4.41. The molecule has 0 fully saturated rings. The molecular weight excluding hydrogens is 356 g/mol. The van der Waals surface area contributed by atoms with Gasteiger partial charge in [-0.05, 0) is 48.5 Å². The third-order valence-electron chi connectivity index (χ3n) is 2.79. The first-order valence-electron chi connectivity index (χ1n) is 6.08. The van der Waals surface area contributed by atoms with E-state index in [0.717, 1.165) is 10.7 Å². The predicted molar refractivity (Wildman–Crippen MR) is 83.5 cm³/mol. The van der Waals surface area contributed by atoms with Crippen LogP contribution < -0.4 is 4.74 Å². The summed E-state index contributed by atoms with van der Waals surface area (Å²) in [5.74, 6) is 0.386. The molecule has 0 bridgehead atoms. The van der Waals surface area contributed by atoms with E-state index in [4.69, 9.17) is 4.74 Å². The van der Waals surface area contributed by atoms with Gasteiger partial charge in [-0.1, -0.05) is 15.9 Å². The van der Waals surface area contributed by atoms with E-state index in [9.17, 15) is 13.2 Å². The highest BCUT2D eigenvalue weighted by Gasteiger charge is 2.10. The molecule has 0 atom stereocenters. The summed E-state index contributed by atoms with van der Waals surface area (Å²) in [6.07, 6.45) is 1.13. The summed E-state index contributed by atoms with van der Waals surface area (Å²) in [6.45, 7) is -0.0974. The van der Waals surface area contributed by atoms with Gasteiger partial charge in [0.05, 0.1) is 4.90 Å². The molecule has 6 heteroatoms. The number of carbonyl (C=O) groups excluding carboxylic acids is 1. The minimum absolute atomic E-state index is 0.0974. The van der Waals surface area contributed by atoms with Crippen LogP contribution in [0.5, 0.6) is 5.75 Å². The monoisotopic (exact) mass is 368 g/mol. The van der Waals surface area contributed by atoms with Crippen LogP contribution >= 0.6 is 15.9 Å². The third-order valence-corrected chi connectivity index (χ3v) is 4.45. The number of halogens is 1. The van der Waals surface area contributed by atoms with Crippen LogP contribution in [0.25, 0.3) is 0 Å². The highest BCUT2D eigenvalue weighted by Crippen LogP contribution is 2.16. The highest BCUT2D eigenvalue weighted by molar-refractivity contribution is 9.10. The molecule has 0 aromatic heterocycles. The molecule has 0 heterocycles. The van der Waals surface area contributed by atoms with Gasteiger partial charge in [0.25, 0.3) is 0 Å². The molecule has 0 aliphatic heterocycles. The van der Waals surface area contributed by atoms with E-state index >= 15 is 0 Å². The second-order valence-electron chi connectivity index (χ2n) is 4.46. The molecule has 21 heavy (non-hydrogen) atoms. The van der Waals surface area contributed by atoms with Crippen molar-refractivity contribution in [1.29, 1.82) is 0 Å². The van der Waals surface area contributed by atoms with Crippen LogP contribution in [0.2, 0.25) is 0 Å². The van der Waals surface area contributed by atoms with E-state index in [0.29, 0.717) is 11.3 Å². The van der Waals surface area contributed by atoms with Gasteiger partial charge in [-0.25, -0.2) is 8.42 Å². The largest absolute Gasteiger partial charge is 0.485 e. The summed E-state index contributed by atoms with van der Waals surface area (Å²) in [5, 5.41) is 0. The van der Waals surface area contributed by atoms with Crippen molar-refractivity contribution in [2.45, 2.75) is 4.90 Å². The fourth-order valence-corrected chi connectivity index (χ4v) is 2.55. The molecule has 2 aromatic carbocycles. The molecule has 0 radical (unpaired) electrons. The SMILES string of the molecule is CS(=O)(=O)c1ccc(C(=O)COc2ccc(Br)cc2)cc1. The van der Waals surface area contributed by atoms with Crippen molar-refractivity contribution in [2.75, 3.05) is 12.9 Å². The van der Waals surface area contributed by atoms with Crippen molar-refractivity contribution < 1.29 is 17.9 Å². The van der Waals surface area contributed by atoms with Crippen LogP contribution in [0.15, 0.2) is 57.9 Å². The minimum Gasteiger partial charge on any atom is -0.485 e. The number of rotatable bonds is 5. The summed E-state index contributed by atoms with van der Waals surface area (Å²) >= 11 is 3.31. The van der Waals surface area contributed by atoms with Gasteiger partial charge in [-0.3, -0.25) is 4.79 Å². The van der Waals surface area contributed by atoms with Crippen molar-refractivity contribution in [1.82, 2.24) is 0 Å². The zero-order valence-corrected chi connectivity index (χ0v) is 13.6. The zero-order chi connectivity index (χ0) is 15.5. The van der Waals surface area contributed by atoms with Gasteiger partial charge >= 0.3 is 0 Å². The average Bonchev–Trinajstić information content (AvgIpc) is 2.45. The number of carbonyl (C=O) groups is 1. The lowest BCUT2D eigenvalue weighted by molar-refractivity contribution is 0.0921. The number of Topliss-reactive ketones (excluding diaryl/α,β-unsaturated/α-hetero) is 1. The van der Waals surface area contributed by atoms with Crippen molar-refractivity contribution in [3.05, 3.63) is 58.6 Å². The Hall–Kier alpha value is -1.66. The maximum absolute atomic E-state index is 12.0. The van der Waals surface area contributed by atoms with E-state index in [-0.39, 0.29) is 17.3 Å². The number of hydrogen-bond acceptors (Lipinski definition) is 4. The standard InChI is InChI=1S/C15H13BrO4S/c1-21(18,19)14-8-2-11(3-9-14)15(17)10-20-13-6-4-12(16)5-7-13/h2-9H,10H2,1H3. The highest BCUT2D eigenvalue weighted by atomic mass is 79.9. The zero-order valence-electron chi connectivity index (χ0n) is 11.2. The topological polar surface area (TPSA) is 60.4 Å². The van der Waals surface area contributed by atoms with Gasteiger partial charge in [-0.2, -0.15) is 0 Å². The lowest BCUT2D eigenvalue weighted by Gasteiger charge is -2.06. The Morgan fingerprint density at radius 3 is 2.14 bits per heavy atom. The number of ketones is 1. The van der Waals surface area contributed by atoms with Gasteiger partial charge < -0.3 is 4.74 Å². The number of benzene rings is 2. The molecule has 0 saturated heterocycles. The Kier molecular flexibility index (Phi) is 4.80. The summed E-state index contributed by atoms with van der Waals surface area (Å²) in [4.78, 5) is 12.2. The second-order valence-corrected chi connectivity index (χ2v) is 7.39. The maximum Gasteiger partial charge on any atom is 0.200 e. The van der Waals surface area contributed by atoms with E-state index < -0.39 is 9.84 Å². The molecule has 0 saturated carbocycles. The van der Waals surface area contributed by atoms with Crippen LogP contribution in [-0.4, -0.2) is 27.1 Å². The molecule has 0 unspecified atom stereocenters. The summed E-state index contributed by atoms with van der Waals surface area (Å²) < 4.78 is 29.0. The Bertz CT molecular complexity index is 734. The van der Waals surface area contributed by atoms with Crippen LogP contribution in [0.4, 0.5) is 0 Å². The Labute approximate surface area is 131 Å². The first-order chi connectivity index (χ1) is 9.86. The Morgan fingerprint density at radius 1 is 1.05 bits per heavy atom. The quantitative estimate of drug-likeness (QED) is 0.760. The normalized spacial score (nSPS) is 11.1. The van der Waals surface area contributed by atoms with E-state index in [2.05, 4.69) is 15.9 Å². The first kappa shape index (κ1) is 15.7. The van der Waals surface area contributed by atoms with Gasteiger partial charge in [-0.15, -0.1) is 0 Å². The number of ether oxygens (including phenoxy) is 1. The minimum atomic E-state index is -3.25. The average molecular weight is 369 g/mol. The number of sulfone groups is 1. The van der Waals surface area contributed by atoms with Crippen molar-refractivity contribution in [3.63, 3.8) is 0 Å². The molecule has 0 aliphatic rings. The van der Waals surface area contributed by atoms with Crippen molar-refractivity contribution >= 4 is 31.6 Å². The molecule has 2 aromatic rings. The van der Waals surface area contributed by atoms with E-state index in [1.54, 1.807) is 12.1 Å². The van der Waals surface area contributed by atoms with Crippen molar-refractivity contribution in [3.8, 4) is 5.75 Å². The van der Waals surface area contributed by atoms with Crippen LogP contribution in [0.3, 0.4) is 0 Å². The lowest BCUT2D eigenvalue weighted by atomic mass is 10.1. The smallest absolute Gasteiger partial charge is 0.200 e. The fourth-order valence-electron chi connectivity index (χ4n) is 1.65. The maximum atomic E-state index is 12.0. The van der Waals surface area contributed by atoms with E-state index in [1.807, 2.05) is 12.1 Å². The van der Waals surface area contributed by atoms with Crippen LogP contribution in [0, 0.1) is 0 Å². The van der Waals surface area contributed by atoms with Gasteiger partial charge in [0.15, 0.2) is 22.2 Å². The Morgan fingerprint density at radius 2 is 1.62 bits per heavy atom. The first-order valence-corrected chi connectivity index (χ1v) is 8.76. The van der Waals surface area contributed by atoms with Crippen molar-refractivity contribution in [2.24, 2.45) is 0 Å². The van der Waals surface area contributed by atoms with Gasteiger partial charge in [0, 0.05) is 16.3 Å². The molecular formula is C15H13BrO4S. The molecule has 2 rings (SSSR count). The molecule has 4 nitrogen and oxygen atoms in total. The summed E-state index contributed by atoms with van der Waals surface area (Å²) in [5.41, 5.74) is 0.416. The second kappa shape index (κ2) is 6.41. The molecule has 0 spiro atoms. The van der Waals surface area contributed by atoms with Gasteiger partial charge in [0.1, 0.15) is 5.75 Å². The summed E-state index contributed by atoms with van der Waals surface area (Å²) in [6, 6.07) is 13.0. The lowest BCUT2D eigenvalue weighted by Crippen LogP contribution is -2.11. The summed E-state index contributed by atoms with van der Waals surface area (Å²) in [7, 11) is -3.25. The molecule has 0 aliphatic carbocycles. The Balaban J connectivity index is 2.02. The number of hydrogen-bond donors (Lipinski definition) is 0. The predicted octanol–water partition coefficient (Wildman–Crippen LogP) is 3.11. The molecule has 0 N–H and O–H groups in total. The molecule has 110 valence electrons.